The molecule has 0 fully saturated rings. The largest absolute Gasteiger partial charge is 0.443 e. The summed E-state index contributed by atoms with van der Waals surface area (Å²) in [5, 5.41) is 0. The highest BCUT2D eigenvalue weighted by Crippen LogP contribution is 2.08. The summed E-state index contributed by atoms with van der Waals surface area (Å²) >= 11 is -0.775. The SMILES string of the molecule is O=C(C=Cc1ccccc1)c1ccc([I+]c2ccc(C(=O)C=Cc3ccccc3)o2)o1. The van der Waals surface area contributed by atoms with Gasteiger partial charge >= 0.3 is 28.7 Å². The molecule has 0 saturated heterocycles. The van der Waals surface area contributed by atoms with E-state index in [2.05, 4.69) is 0 Å². The summed E-state index contributed by atoms with van der Waals surface area (Å²) in [6.07, 6.45) is 6.51. The normalized spacial score (nSPS) is 11.4. The van der Waals surface area contributed by atoms with Gasteiger partial charge in [0.2, 0.25) is 11.6 Å². The lowest BCUT2D eigenvalue weighted by molar-refractivity contribution is -0.636. The average molecular weight is 521 g/mol. The van der Waals surface area contributed by atoms with Gasteiger partial charge in [-0.15, -0.1) is 0 Å². The fourth-order valence-electron chi connectivity index (χ4n) is 2.72. The zero-order valence-electron chi connectivity index (χ0n) is 16.4. The summed E-state index contributed by atoms with van der Waals surface area (Å²) in [5.74, 6) is 0.187. The molecule has 2 aromatic heterocycles. The number of hydrogen-bond donors (Lipinski definition) is 0. The van der Waals surface area contributed by atoms with Crippen LogP contribution in [0.1, 0.15) is 32.2 Å². The molecule has 0 N–H and O–H groups in total. The highest BCUT2D eigenvalue weighted by atomic mass is 127. The molecule has 0 amide bonds. The van der Waals surface area contributed by atoms with Crippen molar-refractivity contribution in [1.29, 1.82) is 0 Å². The zero-order chi connectivity index (χ0) is 21.5. The first-order valence-corrected chi connectivity index (χ1v) is 11.7. The van der Waals surface area contributed by atoms with Crippen LogP contribution in [0.5, 0.6) is 0 Å². The maximum Gasteiger partial charge on any atom is 0.443 e. The molecule has 0 aliphatic rings. The van der Waals surface area contributed by atoms with Crippen molar-refractivity contribution in [2.45, 2.75) is 0 Å². The smallest absolute Gasteiger partial charge is 0.415 e. The number of benzene rings is 2. The summed E-state index contributed by atoms with van der Waals surface area (Å²) in [4.78, 5) is 24.6. The van der Waals surface area contributed by atoms with E-state index in [0.29, 0.717) is 7.53 Å². The summed E-state index contributed by atoms with van der Waals surface area (Å²) in [6, 6.07) is 26.1. The molecule has 4 nitrogen and oxygen atoms in total. The van der Waals surface area contributed by atoms with Gasteiger partial charge in [0.15, 0.2) is 11.5 Å². The van der Waals surface area contributed by atoms with Gasteiger partial charge in [-0.3, -0.25) is 9.59 Å². The van der Waals surface area contributed by atoms with E-state index in [1.165, 1.54) is 12.2 Å². The van der Waals surface area contributed by atoms with Gasteiger partial charge in [0, 0.05) is 12.1 Å². The Morgan fingerprint density at radius 1 is 0.581 bits per heavy atom. The minimum absolute atomic E-state index is 0.194. The van der Waals surface area contributed by atoms with E-state index in [-0.39, 0.29) is 23.1 Å². The van der Waals surface area contributed by atoms with Crippen molar-refractivity contribution in [3.8, 4) is 0 Å². The molecular weight excluding hydrogens is 503 g/mol. The molecular formula is C26H18IO4+. The molecule has 0 radical (unpaired) electrons. The molecule has 2 heterocycles. The van der Waals surface area contributed by atoms with Crippen LogP contribution in [0, 0.1) is 7.53 Å². The Hall–Kier alpha value is -3.45. The van der Waals surface area contributed by atoms with Crippen molar-refractivity contribution in [1.82, 2.24) is 0 Å². The van der Waals surface area contributed by atoms with Crippen LogP contribution in [-0.2, 0) is 0 Å². The Morgan fingerprint density at radius 3 is 1.42 bits per heavy atom. The summed E-state index contributed by atoms with van der Waals surface area (Å²) in [6.45, 7) is 0. The number of allylic oxidation sites excluding steroid dienone is 2. The lowest BCUT2D eigenvalue weighted by Gasteiger charge is -1.91. The van der Waals surface area contributed by atoms with Crippen LogP contribution in [-0.4, -0.2) is 11.6 Å². The van der Waals surface area contributed by atoms with E-state index < -0.39 is 21.2 Å². The second-order valence-electron chi connectivity index (χ2n) is 6.52. The maximum absolute atomic E-state index is 12.3. The van der Waals surface area contributed by atoms with Crippen molar-refractivity contribution < 1.29 is 39.6 Å². The van der Waals surface area contributed by atoms with Crippen LogP contribution in [0.3, 0.4) is 0 Å². The molecule has 152 valence electrons. The Bertz CT molecular complexity index is 1130. The van der Waals surface area contributed by atoms with Crippen LogP contribution in [0.2, 0.25) is 0 Å². The molecule has 0 saturated carbocycles. The van der Waals surface area contributed by atoms with Crippen molar-refractivity contribution in [3.05, 3.63) is 127 Å². The number of hydrogen-bond acceptors (Lipinski definition) is 4. The number of rotatable bonds is 8. The fourth-order valence-corrected chi connectivity index (χ4v) is 4.66. The molecule has 4 aromatic rings. The number of furan rings is 2. The molecule has 5 heteroatoms. The standard InChI is InChI=1S/C26H18IO4/c28-21(13-11-19-7-3-1-4-8-19)23-15-17-25(30-23)27-26-18-16-24(31-26)22(29)14-12-20-9-5-2-6-10-20/h1-18H/q+1. The zero-order valence-corrected chi connectivity index (χ0v) is 18.6. The highest BCUT2D eigenvalue weighted by Gasteiger charge is 2.26. The Balaban J connectivity index is 1.37. The average Bonchev–Trinajstić information content (AvgIpc) is 3.47. The van der Waals surface area contributed by atoms with E-state index in [4.69, 9.17) is 8.83 Å². The molecule has 0 aliphatic carbocycles. The number of ketones is 2. The van der Waals surface area contributed by atoms with Crippen molar-refractivity contribution in [3.63, 3.8) is 0 Å². The predicted octanol–water partition coefficient (Wildman–Crippen LogP) is 2.79. The van der Waals surface area contributed by atoms with Gasteiger partial charge in [0.05, 0.1) is 0 Å². The van der Waals surface area contributed by atoms with E-state index in [1.807, 2.05) is 60.7 Å². The summed E-state index contributed by atoms with van der Waals surface area (Å²) in [5.41, 5.74) is 1.90. The molecule has 4 rings (SSSR count). The second kappa shape index (κ2) is 10.0. The monoisotopic (exact) mass is 521 g/mol. The van der Waals surface area contributed by atoms with Gasteiger partial charge < -0.3 is 8.83 Å². The topological polar surface area (TPSA) is 60.4 Å². The first-order valence-electron chi connectivity index (χ1n) is 9.57. The minimum atomic E-state index is -0.775. The predicted molar refractivity (Wildman–Crippen MR) is 114 cm³/mol. The number of halogens is 1. The van der Waals surface area contributed by atoms with Crippen LogP contribution >= 0.6 is 0 Å². The van der Waals surface area contributed by atoms with Gasteiger partial charge in [-0.05, 0) is 35.4 Å². The van der Waals surface area contributed by atoms with E-state index in [1.54, 1.807) is 36.4 Å². The molecule has 2 aromatic carbocycles. The summed E-state index contributed by atoms with van der Waals surface area (Å²) in [7, 11) is 0. The van der Waals surface area contributed by atoms with Crippen LogP contribution < -0.4 is 21.2 Å². The number of carbonyl (C=O) groups excluding carboxylic acids is 2. The third-order valence-corrected chi connectivity index (χ3v) is 6.49. The molecule has 0 unspecified atom stereocenters. The summed E-state index contributed by atoms with van der Waals surface area (Å²) < 4.78 is 12.8. The molecule has 0 atom stereocenters. The Morgan fingerprint density at radius 2 is 1.00 bits per heavy atom. The first kappa shape index (κ1) is 20.8. The van der Waals surface area contributed by atoms with E-state index in [0.717, 1.165) is 11.1 Å². The Labute approximate surface area is 190 Å². The fraction of sp³-hybridized carbons (Fsp3) is 0. The second-order valence-corrected chi connectivity index (χ2v) is 9.18. The highest BCUT2D eigenvalue weighted by molar-refractivity contribution is 6.05. The van der Waals surface area contributed by atoms with Gasteiger partial charge in [0.1, 0.15) is 0 Å². The van der Waals surface area contributed by atoms with E-state index >= 15 is 0 Å². The third-order valence-electron chi connectivity index (χ3n) is 4.27. The lowest BCUT2D eigenvalue weighted by atomic mass is 10.2. The van der Waals surface area contributed by atoms with Gasteiger partial charge in [-0.2, -0.15) is 0 Å². The van der Waals surface area contributed by atoms with Gasteiger partial charge in [-0.1, -0.05) is 72.8 Å². The minimum Gasteiger partial charge on any atom is -0.415 e. The first-order chi connectivity index (χ1) is 15.2. The molecule has 0 bridgehead atoms. The molecule has 0 spiro atoms. The van der Waals surface area contributed by atoms with Gasteiger partial charge in [0.25, 0.3) is 0 Å². The third kappa shape index (κ3) is 5.79. The number of carbonyl (C=O) groups is 2. The quantitative estimate of drug-likeness (QED) is 0.203. The van der Waals surface area contributed by atoms with Crippen molar-refractivity contribution in [2.24, 2.45) is 0 Å². The lowest BCUT2D eigenvalue weighted by Crippen LogP contribution is -3.61. The molecule has 31 heavy (non-hydrogen) atoms. The van der Waals surface area contributed by atoms with Crippen LogP contribution in [0.15, 0.2) is 106 Å². The van der Waals surface area contributed by atoms with Gasteiger partial charge in [-0.25, -0.2) is 0 Å². The molecule has 0 aliphatic heterocycles. The van der Waals surface area contributed by atoms with Crippen molar-refractivity contribution in [2.75, 3.05) is 0 Å². The van der Waals surface area contributed by atoms with Crippen LogP contribution in [0.25, 0.3) is 12.2 Å². The van der Waals surface area contributed by atoms with E-state index in [9.17, 15) is 9.59 Å². The Kier molecular flexibility index (Phi) is 6.74. The van der Waals surface area contributed by atoms with Crippen LogP contribution in [0.4, 0.5) is 0 Å². The van der Waals surface area contributed by atoms with Crippen molar-refractivity contribution >= 4 is 23.7 Å². The maximum atomic E-state index is 12.3.